The third-order valence-corrected chi connectivity index (χ3v) is 6.34. The second kappa shape index (κ2) is 5.41. The second-order valence-electron chi connectivity index (χ2n) is 7.74. The lowest BCUT2D eigenvalue weighted by Crippen LogP contribution is -2.52. The predicted octanol–water partition coefficient (Wildman–Crippen LogP) is 3.67. The van der Waals surface area contributed by atoms with Crippen LogP contribution in [0.4, 0.5) is 0 Å². The highest BCUT2D eigenvalue weighted by molar-refractivity contribution is 6.16. The van der Waals surface area contributed by atoms with Gasteiger partial charge in [0.2, 0.25) is 5.91 Å². The van der Waals surface area contributed by atoms with Crippen molar-refractivity contribution in [2.24, 2.45) is 5.41 Å². The number of amides is 1. The molecule has 1 aliphatic heterocycles. The fourth-order valence-electron chi connectivity index (χ4n) is 5.14. The Balaban J connectivity index is 1.78. The summed E-state index contributed by atoms with van der Waals surface area (Å²) in [6.07, 6.45) is 3.25. The van der Waals surface area contributed by atoms with Crippen LogP contribution in [0.1, 0.15) is 39.9 Å². The van der Waals surface area contributed by atoms with Gasteiger partial charge in [0.05, 0.1) is 5.41 Å². The molecule has 3 aliphatic rings. The third kappa shape index (κ3) is 1.94. The first-order valence-corrected chi connectivity index (χ1v) is 9.32. The predicted molar refractivity (Wildman–Crippen MR) is 101 cm³/mol. The number of fused-ring (bicyclic) bond motifs is 4. The molecule has 0 fully saturated rings. The summed E-state index contributed by atoms with van der Waals surface area (Å²) in [6.45, 7) is 0.478. The molecule has 3 heteroatoms. The summed E-state index contributed by atoms with van der Waals surface area (Å²) in [6, 6.07) is 16.2. The minimum Gasteiger partial charge on any atom is -0.341 e. The van der Waals surface area contributed by atoms with Crippen LogP contribution in [0.25, 0.3) is 5.57 Å². The number of benzene rings is 2. The van der Waals surface area contributed by atoms with Crippen molar-refractivity contribution in [1.82, 2.24) is 4.90 Å². The van der Waals surface area contributed by atoms with Gasteiger partial charge in [0.1, 0.15) is 0 Å². The van der Waals surface area contributed by atoms with Crippen LogP contribution in [0.2, 0.25) is 0 Å². The average molecular weight is 343 g/mol. The van der Waals surface area contributed by atoms with E-state index in [1.165, 1.54) is 5.56 Å². The minimum absolute atomic E-state index is 0.0896. The van der Waals surface area contributed by atoms with Crippen LogP contribution >= 0.6 is 0 Å². The van der Waals surface area contributed by atoms with Gasteiger partial charge in [-0.05, 0) is 47.9 Å². The minimum atomic E-state index is -0.608. The van der Waals surface area contributed by atoms with E-state index >= 15 is 0 Å². The molecule has 0 bridgehead atoms. The zero-order chi connectivity index (χ0) is 17.9. The number of hydrogen-bond donors (Lipinski definition) is 0. The number of rotatable bonds is 0. The maximum absolute atomic E-state index is 13.7. The molecule has 1 atom stereocenters. The molecular weight excluding hydrogens is 322 g/mol. The molecule has 130 valence electrons. The van der Waals surface area contributed by atoms with Gasteiger partial charge < -0.3 is 4.90 Å². The summed E-state index contributed by atoms with van der Waals surface area (Å²) in [4.78, 5) is 28.4. The van der Waals surface area contributed by atoms with E-state index in [-0.39, 0.29) is 11.7 Å². The van der Waals surface area contributed by atoms with Crippen LogP contribution in [0.15, 0.2) is 54.1 Å². The standard InChI is InChI=1S/C23H21NO2/c1-24-14-23(13-12-16-7-3-5-9-18(16)21(23)25)20-17-8-4-2-6-15(17)10-11-19(20)22(24)26/h2-9H,10-14H2,1H3. The summed E-state index contributed by atoms with van der Waals surface area (Å²) in [5.74, 6) is 0.273. The van der Waals surface area contributed by atoms with E-state index < -0.39 is 5.41 Å². The molecule has 26 heavy (non-hydrogen) atoms. The zero-order valence-electron chi connectivity index (χ0n) is 14.9. The summed E-state index contributed by atoms with van der Waals surface area (Å²) < 4.78 is 0. The highest BCUT2D eigenvalue weighted by Gasteiger charge is 2.52. The molecule has 0 saturated carbocycles. The summed E-state index contributed by atoms with van der Waals surface area (Å²) in [5, 5.41) is 0. The number of aryl methyl sites for hydroxylation is 2. The van der Waals surface area contributed by atoms with Gasteiger partial charge in [-0.1, -0.05) is 48.5 Å². The lowest BCUT2D eigenvalue weighted by atomic mass is 9.60. The van der Waals surface area contributed by atoms with E-state index in [9.17, 15) is 9.59 Å². The van der Waals surface area contributed by atoms with Crippen molar-refractivity contribution in [3.63, 3.8) is 0 Å². The van der Waals surface area contributed by atoms with Crippen molar-refractivity contribution in [1.29, 1.82) is 0 Å². The Morgan fingerprint density at radius 3 is 2.27 bits per heavy atom. The van der Waals surface area contributed by atoms with E-state index in [0.29, 0.717) is 6.54 Å². The maximum Gasteiger partial charge on any atom is 0.249 e. The van der Waals surface area contributed by atoms with Gasteiger partial charge in [0, 0.05) is 24.7 Å². The topological polar surface area (TPSA) is 37.4 Å². The summed E-state index contributed by atoms with van der Waals surface area (Å²) in [7, 11) is 1.84. The Morgan fingerprint density at radius 1 is 0.846 bits per heavy atom. The molecule has 5 rings (SSSR count). The smallest absolute Gasteiger partial charge is 0.249 e. The number of nitrogens with zero attached hydrogens (tertiary/aromatic N) is 1. The zero-order valence-corrected chi connectivity index (χ0v) is 14.9. The molecule has 2 aromatic carbocycles. The van der Waals surface area contributed by atoms with E-state index in [1.807, 2.05) is 37.4 Å². The highest BCUT2D eigenvalue weighted by atomic mass is 16.2. The fourth-order valence-corrected chi connectivity index (χ4v) is 5.14. The van der Waals surface area contributed by atoms with Gasteiger partial charge in [-0.15, -0.1) is 0 Å². The second-order valence-corrected chi connectivity index (χ2v) is 7.74. The lowest BCUT2D eigenvalue weighted by molar-refractivity contribution is -0.127. The van der Waals surface area contributed by atoms with Crippen LogP contribution in [-0.4, -0.2) is 30.2 Å². The van der Waals surface area contributed by atoms with E-state index in [4.69, 9.17) is 0 Å². The van der Waals surface area contributed by atoms with Gasteiger partial charge in [-0.3, -0.25) is 9.59 Å². The van der Waals surface area contributed by atoms with Crippen LogP contribution < -0.4 is 0 Å². The molecule has 1 unspecified atom stereocenters. The first-order valence-electron chi connectivity index (χ1n) is 9.32. The number of ketones is 1. The molecule has 1 spiro atoms. The molecular formula is C23H21NO2. The number of carbonyl (C=O) groups is 2. The fraction of sp³-hybridized carbons (Fsp3) is 0.304. The Labute approximate surface area is 153 Å². The van der Waals surface area contributed by atoms with Gasteiger partial charge in [-0.25, -0.2) is 0 Å². The molecule has 0 saturated heterocycles. The number of carbonyl (C=O) groups excluding carboxylic acids is 2. The average Bonchev–Trinajstić information content (AvgIpc) is 2.68. The molecule has 1 amide bonds. The summed E-state index contributed by atoms with van der Waals surface area (Å²) >= 11 is 0. The molecule has 2 aromatic rings. The van der Waals surface area contributed by atoms with Crippen molar-refractivity contribution in [2.45, 2.75) is 25.7 Å². The quantitative estimate of drug-likeness (QED) is 0.732. The van der Waals surface area contributed by atoms with Gasteiger partial charge in [0.25, 0.3) is 0 Å². The molecule has 0 N–H and O–H groups in total. The maximum atomic E-state index is 13.7. The van der Waals surface area contributed by atoms with E-state index in [2.05, 4.69) is 18.2 Å². The number of likely N-dealkylation sites (N-methyl/N-ethyl adjacent to an activating group) is 1. The van der Waals surface area contributed by atoms with Crippen molar-refractivity contribution >= 4 is 17.3 Å². The Kier molecular flexibility index (Phi) is 3.24. The Bertz CT molecular complexity index is 987. The summed E-state index contributed by atoms with van der Waals surface area (Å²) in [5.41, 5.74) is 5.60. The van der Waals surface area contributed by atoms with Gasteiger partial charge in [0.15, 0.2) is 5.78 Å². The Hall–Kier alpha value is -2.68. The van der Waals surface area contributed by atoms with Crippen molar-refractivity contribution in [3.8, 4) is 0 Å². The number of hydrogen-bond acceptors (Lipinski definition) is 2. The first-order chi connectivity index (χ1) is 12.6. The third-order valence-electron chi connectivity index (χ3n) is 6.34. The van der Waals surface area contributed by atoms with Gasteiger partial charge >= 0.3 is 0 Å². The normalized spacial score (nSPS) is 24.4. The lowest BCUT2D eigenvalue weighted by Gasteiger charge is -2.47. The van der Waals surface area contributed by atoms with Crippen molar-refractivity contribution in [2.75, 3.05) is 13.6 Å². The largest absolute Gasteiger partial charge is 0.341 e. The highest BCUT2D eigenvalue weighted by Crippen LogP contribution is 2.52. The molecule has 2 aliphatic carbocycles. The van der Waals surface area contributed by atoms with E-state index in [0.717, 1.165) is 53.5 Å². The van der Waals surface area contributed by atoms with Crippen LogP contribution in [0, 0.1) is 5.41 Å². The monoisotopic (exact) mass is 343 g/mol. The van der Waals surface area contributed by atoms with Crippen LogP contribution in [0.3, 0.4) is 0 Å². The molecule has 0 radical (unpaired) electrons. The molecule has 1 heterocycles. The van der Waals surface area contributed by atoms with Crippen LogP contribution in [0.5, 0.6) is 0 Å². The SMILES string of the molecule is CN1CC2(CCc3ccccc3C2=O)C2=C(CCc3ccccc32)C1=O. The molecule has 3 nitrogen and oxygen atoms in total. The van der Waals surface area contributed by atoms with Crippen LogP contribution in [-0.2, 0) is 17.6 Å². The first kappa shape index (κ1) is 15.6. The van der Waals surface area contributed by atoms with Crippen molar-refractivity contribution in [3.05, 3.63) is 76.4 Å². The Morgan fingerprint density at radius 2 is 1.50 bits per heavy atom. The number of Topliss-reactive ketones (excluding diaryl/α,β-unsaturated/α-hetero) is 1. The van der Waals surface area contributed by atoms with Gasteiger partial charge in [-0.2, -0.15) is 0 Å². The van der Waals surface area contributed by atoms with E-state index in [1.54, 1.807) is 4.90 Å². The molecule has 0 aromatic heterocycles. The van der Waals surface area contributed by atoms with Crippen molar-refractivity contribution < 1.29 is 9.59 Å².